The highest BCUT2D eigenvalue weighted by atomic mass is 35.5. The highest BCUT2D eigenvalue weighted by Crippen LogP contribution is 2.32. The minimum absolute atomic E-state index is 0. The lowest BCUT2D eigenvalue weighted by Gasteiger charge is -2.09. The predicted octanol–water partition coefficient (Wildman–Crippen LogP) is 6.10. The Morgan fingerprint density at radius 2 is 1.45 bits per heavy atom. The number of hydrogen-bond acceptors (Lipinski definition) is 2. The van der Waals surface area contributed by atoms with Gasteiger partial charge in [0.05, 0.1) is 5.56 Å². The average Bonchev–Trinajstić information content (AvgIpc) is 3.08. The molecule has 0 aliphatic rings. The molecule has 5 heteroatoms. The number of halogens is 1. The highest BCUT2D eigenvalue weighted by Gasteiger charge is 2.13. The summed E-state index contributed by atoms with van der Waals surface area (Å²) in [6, 6.07) is 31.9. The number of aromatic nitrogens is 1. The minimum atomic E-state index is -0.208. The van der Waals surface area contributed by atoms with Gasteiger partial charge in [0.15, 0.2) is 0 Å². The average molecular weight is 428 g/mol. The Morgan fingerprint density at radius 3 is 2.26 bits per heavy atom. The van der Waals surface area contributed by atoms with Crippen LogP contribution in [-0.2, 0) is 6.54 Å². The third-order valence-electron chi connectivity index (χ3n) is 5.42. The van der Waals surface area contributed by atoms with Gasteiger partial charge in [-0.25, -0.2) is 0 Å². The van der Waals surface area contributed by atoms with Crippen LogP contribution in [0, 0.1) is 0 Å². The Balaban J connectivity index is 0.00000231. The van der Waals surface area contributed by atoms with Crippen molar-refractivity contribution >= 4 is 51.5 Å². The Hall–Kier alpha value is -3.76. The molecule has 0 spiro atoms. The number of carbonyl (C=O) groups is 1. The molecule has 3 N–H and O–H groups in total. The maximum Gasteiger partial charge on any atom is 0.257 e. The molecular weight excluding hydrogens is 406 g/mol. The van der Waals surface area contributed by atoms with E-state index in [1.54, 1.807) is 12.1 Å². The molecule has 0 saturated heterocycles. The molecule has 0 saturated carbocycles. The number of nitrogens with two attached hydrogens (primary N) is 1. The minimum Gasteiger partial charge on any atom is -0.398 e. The molecule has 31 heavy (non-hydrogen) atoms. The predicted molar refractivity (Wildman–Crippen MR) is 131 cm³/mol. The van der Waals surface area contributed by atoms with Crippen molar-refractivity contribution in [2.75, 3.05) is 11.1 Å². The molecule has 0 unspecified atom stereocenters. The topological polar surface area (TPSA) is 60.1 Å². The molecule has 5 aromatic rings. The Morgan fingerprint density at radius 1 is 0.774 bits per heavy atom. The third kappa shape index (κ3) is 3.86. The molecule has 0 atom stereocenters. The molecule has 4 nitrogen and oxygen atoms in total. The molecule has 0 aliphatic carbocycles. The van der Waals surface area contributed by atoms with Crippen molar-refractivity contribution in [3.8, 4) is 0 Å². The molecule has 0 bridgehead atoms. The van der Waals surface area contributed by atoms with E-state index in [-0.39, 0.29) is 18.3 Å². The van der Waals surface area contributed by atoms with Crippen LogP contribution in [0.25, 0.3) is 21.8 Å². The fourth-order valence-electron chi connectivity index (χ4n) is 3.97. The van der Waals surface area contributed by atoms with Gasteiger partial charge in [-0.05, 0) is 42.0 Å². The van der Waals surface area contributed by atoms with E-state index in [4.69, 9.17) is 5.73 Å². The zero-order valence-electron chi connectivity index (χ0n) is 16.8. The number of amides is 1. The number of nitrogens with zero attached hydrogens (tertiary/aromatic N) is 1. The molecule has 1 aromatic heterocycles. The number of anilines is 2. The van der Waals surface area contributed by atoms with E-state index in [0.717, 1.165) is 23.1 Å². The van der Waals surface area contributed by atoms with Gasteiger partial charge in [0.2, 0.25) is 0 Å². The number of hydrogen-bond donors (Lipinski definition) is 2. The number of fused-ring (bicyclic) bond motifs is 3. The largest absolute Gasteiger partial charge is 0.398 e. The Kier molecular flexibility index (Phi) is 5.65. The first-order valence-electron chi connectivity index (χ1n) is 9.91. The zero-order chi connectivity index (χ0) is 20.5. The summed E-state index contributed by atoms with van der Waals surface area (Å²) in [5.74, 6) is -0.208. The quantitative estimate of drug-likeness (QED) is 0.340. The van der Waals surface area contributed by atoms with E-state index in [1.165, 1.54) is 16.5 Å². The van der Waals surface area contributed by atoms with E-state index in [2.05, 4.69) is 58.4 Å². The summed E-state index contributed by atoms with van der Waals surface area (Å²) in [6.45, 7) is 0.789. The highest BCUT2D eigenvalue weighted by molar-refractivity contribution is 6.12. The van der Waals surface area contributed by atoms with Gasteiger partial charge in [0.25, 0.3) is 5.91 Å². The molecule has 5 rings (SSSR count). The fraction of sp³-hybridized carbons (Fsp3) is 0.0385. The number of nitrogen functional groups attached to an aromatic ring is 1. The Labute approximate surface area is 186 Å². The summed E-state index contributed by atoms with van der Waals surface area (Å²) in [5, 5.41) is 5.26. The van der Waals surface area contributed by atoms with E-state index >= 15 is 0 Å². The van der Waals surface area contributed by atoms with E-state index in [1.807, 2.05) is 36.4 Å². The van der Waals surface area contributed by atoms with Crippen LogP contribution in [0.4, 0.5) is 11.4 Å². The summed E-state index contributed by atoms with van der Waals surface area (Å²) >= 11 is 0. The Bertz CT molecular complexity index is 1380. The first kappa shape index (κ1) is 20.5. The molecule has 154 valence electrons. The molecule has 4 aromatic carbocycles. The maximum atomic E-state index is 12.7. The molecule has 0 aliphatic heterocycles. The van der Waals surface area contributed by atoms with Crippen molar-refractivity contribution in [1.29, 1.82) is 0 Å². The maximum absolute atomic E-state index is 12.7. The van der Waals surface area contributed by atoms with E-state index < -0.39 is 0 Å². The van der Waals surface area contributed by atoms with Crippen LogP contribution < -0.4 is 11.1 Å². The second-order valence-electron chi connectivity index (χ2n) is 7.36. The molecule has 1 amide bonds. The number of rotatable bonds is 4. The van der Waals surface area contributed by atoms with Crippen molar-refractivity contribution in [2.24, 2.45) is 0 Å². The van der Waals surface area contributed by atoms with Crippen LogP contribution in [0.3, 0.4) is 0 Å². The summed E-state index contributed by atoms with van der Waals surface area (Å²) in [6.07, 6.45) is 0. The molecule has 1 heterocycles. The van der Waals surface area contributed by atoms with Crippen molar-refractivity contribution in [3.05, 3.63) is 108 Å². The summed E-state index contributed by atoms with van der Waals surface area (Å²) in [5.41, 5.74) is 11.2. The number of benzene rings is 4. The second kappa shape index (κ2) is 8.54. The van der Waals surface area contributed by atoms with Crippen LogP contribution >= 0.6 is 12.4 Å². The van der Waals surface area contributed by atoms with Gasteiger partial charge < -0.3 is 15.6 Å². The first-order valence-corrected chi connectivity index (χ1v) is 9.91. The van der Waals surface area contributed by atoms with Gasteiger partial charge >= 0.3 is 0 Å². The van der Waals surface area contributed by atoms with Crippen LogP contribution in [0.1, 0.15) is 15.9 Å². The zero-order valence-corrected chi connectivity index (χ0v) is 17.6. The lowest BCUT2D eigenvalue weighted by Crippen LogP contribution is -2.13. The van der Waals surface area contributed by atoms with Crippen LogP contribution in [0.15, 0.2) is 97.1 Å². The van der Waals surface area contributed by atoms with Gasteiger partial charge in [-0.1, -0.05) is 60.7 Å². The normalized spacial score (nSPS) is 10.7. The van der Waals surface area contributed by atoms with Gasteiger partial charge in [-0.2, -0.15) is 0 Å². The van der Waals surface area contributed by atoms with Gasteiger partial charge in [0, 0.05) is 39.7 Å². The fourth-order valence-corrected chi connectivity index (χ4v) is 3.97. The van der Waals surface area contributed by atoms with Gasteiger partial charge in [-0.15, -0.1) is 12.4 Å². The van der Waals surface area contributed by atoms with Gasteiger partial charge in [0.1, 0.15) is 0 Å². The lowest BCUT2D eigenvalue weighted by atomic mass is 10.1. The number of carbonyl (C=O) groups excluding carboxylic acids is 1. The van der Waals surface area contributed by atoms with Crippen LogP contribution in [0.2, 0.25) is 0 Å². The monoisotopic (exact) mass is 427 g/mol. The van der Waals surface area contributed by atoms with Crippen molar-refractivity contribution in [1.82, 2.24) is 4.57 Å². The van der Waals surface area contributed by atoms with Gasteiger partial charge in [-0.3, -0.25) is 4.79 Å². The smallest absolute Gasteiger partial charge is 0.257 e. The van der Waals surface area contributed by atoms with E-state index in [0.29, 0.717) is 11.3 Å². The second-order valence-corrected chi connectivity index (χ2v) is 7.36. The van der Waals surface area contributed by atoms with E-state index in [9.17, 15) is 4.79 Å². The first-order chi connectivity index (χ1) is 14.7. The SMILES string of the molecule is Cl.Nc1ccccc1C(=O)Nc1ccc2c(c1)c1ccccc1n2Cc1ccccc1. The summed E-state index contributed by atoms with van der Waals surface area (Å²) in [7, 11) is 0. The van der Waals surface area contributed by atoms with Crippen LogP contribution in [-0.4, -0.2) is 10.5 Å². The van der Waals surface area contributed by atoms with Crippen molar-refractivity contribution in [2.45, 2.75) is 6.54 Å². The van der Waals surface area contributed by atoms with Crippen LogP contribution in [0.5, 0.6) is 0 Å². The van der Waals surface area contributed by atoms with Crippen molar-refractivity contribution < 1.29 is 4.79 Å². The number of nitrogens with one attached hydrogen (secondary N) is 1. The summed E-state index contributed by atoms with van der Waals surface area (Å²) in [4.78, 5) is 12.7. The molecule has 0 radical (unpaired) electrons. The standard InChI is InChI=1S/C26H21N3O.ClH/c27-23-12-6-4-11-21(23)26(30)28-19-14-15-25-22(16-19)20-10-5-7-13-24(20)29(25)17-18-8-2-1-3-9-18;/h1-16H,17,27H2,(H,28,30);1H. The summed E-state index contributed by atoms with van der Waals surface area (Å²) < 4.78 is 2.32. The van der Waals surface area contributed by atoms with Crippen molar-refractivity contribution in [3.63, 3.8) is 0 Å². The number of para-hydroxylation sites is 2. The molecular formula is C26H22ClN3O. The third-order valence-corrected chi connectivity index (χ3v) is 5.42. The lowest BCUT2D eigenvalue weighted by molar-refractivity contribution is 0.102. The molecule has 0 fully saturated rings.